The van der Waals surface area contributed by atoms with Gasteiger partial charge in [-0.2, -0.15) is 0 Å². The van der Waals surface area contributed by atoms with Crippen LogP contribution in [0.5, 0.6) is 0 Å². The molecule has 0 heterocycles. The first kappa shape index (κ1) is 9.64. The minimum atomic E-state index is -0.957. The smallest absolute Gasteiger partial charge is 0.309 e. The molecule has 0 unspecified atom stereocenters. The van der Waals surface area contributed by atoms with Crippen molar-refractivity contribution in [2.75, 3.05) is 7.11 Å². The molecule has 0 amide bonds. The van der Waals surface area contributed by atoms with Crippen molar-refractivity contribution in [2.45, 2.75) is 6.42 Å². The SMILES string of the molecule is COC(=O)Cc1ccc(F)c(F)c1. The number of methoxy groups -OCH3 is 1. The Kier molecular flexibility index (Phi) is 2.95. The number of hydrogen-bond acceptors (Lipinski definition) is 2. The van der Waals surface area contributed by atoms with E-state index >= 15 is 0 Å². The summed E-state index contributed by atoms with van der Waals surface area (Å²) in [6, 6.07) is 3.30. The molecule has 13 heavy (non-hydrogen) atoms. The van der Waals surface area contributed by atoms with Crippen LogP contribution in [0.2, 0.25) is 0 Å². The van der Waals surface area contributed by atoms with E-state index in [1.54, 1.807) is 0 Å². The second kappa shape index (κ2) is 3.98. The van der Waals surface area contributed by atoms with Gasteiger partial charge in [0.25, 0.3) is 0 Å². The normalized spacial score (nSPS) is 9.77. The van der Waals surface area contributed by atoms with Crippen molar-refractivity contribution in [3.8, 4) is 0 Å². The van der Waals surface area contributed by atoms with Gasteiger partial charge in [-0.3, -0.25) is 4.79 Å². The zero-order chi connectivity index (χ0) is 9.84. The zero-order valence-electron chi connectivity index (χ0n) is 7.01. The molecule has 4 heteroatoms. The lowest BCUT2D eigenvalue weighted by molar-refractivity contribution is -0.139. The fourth-order valence-corrected chi connectivity index (χ4v) is 0.888. The molecule has 70 valence electrons. The molecule has 0 atom stereocenters. The quantitative estimate of drug-likeness (QED) is 0.657. The molecule has 0 spiro atoms. The van der Waals surface area contributed by atoms with E-state index in [2.05, 4.69) is 4.74 Å². The van der Waals surface area contributed by atoms with E-state index in [1.807, 2.05) is 0 Å². The van der Waals surface area contributed by atoms with Gasteiger partial charge >= 0.3 is 5.97 Å². The molecule has 1 aromatic carbocycles. The Hall–Kier alpha value is -1.45. The van der Waals surface area contributed by atoms with Gasteiger partial charge in [-0.1, -0.05) is 6.07 Å². The largest absolute Gasteiger partial charge is 0.469 e. The minimum absolute atomic E-state index is 0.0479. The fraction of sp³-hybridized carbons (Fsp3) is 0.222. The number of esters is 1. The van der Waals surface area contributed by atoms with Gasteiger partial charge < -0.3 is 4.74 Å². The van der Waals surface area contributed by atoms with Crippen molar-refractivity contribution < 1.29 is 18.3 Å². The van der Waals surface area contributed by atoms with E-state index in [9.17, 15) is 13.6 Å². The highest BCUT2D eigenvalue weighted by Gasteiger charge is 2.06. The Labute approximate surface area is 74.1 Å². The highest BCUT2D eigenvalue weighted by molar-refractivity contribution is 5.72. The Balaban J connectivity index is 2.79. The van der Waals surface area contributed by atoms with E-state index < -0.39 is 17.6 Å². The Morgan fingerprint density at radius 2 is 2.08 bits per heavy atom. The Morgan fingerprint density at radius 3 is 2.62 bits per heavy atom. The lowest BCUT2D eigenvalue weighted by atomic mass is 10.1. The summed E-state index contributed by atoms with van der Waals surface area (Å²) in [7, 11) is 1.24. The van der Waals surface area contributed by atoms with Crippen LogP contribution in [-0.2, 0) is 16.0 Å². The molecule has 0 saturated heterocycles. The van der Waals surface area contributed by atoms with Crippen LogP contribution in [0.1, 0.15) is 5.56 Å². The fourth-order valence-electron chi connectivity index (χ4n) is 0.888. The second-order valence-corrected chi connectivity index (χ2v) is 2.50. The van der Waals surface area contributed by atoms with Crippen LogP contribution in [0, 0.1) is 11.6 Å². The summed E-state index contributed by atoms with van der Waals surface area (Å²) < 4.78 is 29.4. The third-order valence-corrected chi connectivity index (χ3v) is 1.56. The molecule has 1 aromatic rings. The number of carbonyl (C=O) groups is 1. The first-order valence-corrected chi connectivity index (χ1v) is 3.64. The van der Waals surface area contributed by atoms with Crippen LogP contribution in [0.15, 0.2) is 18.2 Å². The maximum Gasteiger partial charge on any atom is 0.309 e. The Morgan fingerprint density at radius 1 is 1.38 bits per heavy atom. The van der Waals surface area contributed by atoms with E-state index in [1.165, 1.54) is 13.2 Å². The topological polar surface area (TPSA) is 26.3 Å². The number of benzene rings is 1. The van der Waals surface area contributed by atoms with Gasteiger partial charge in [-0.15, -0.1) is 0 Å². The van der Waals surface area contributed by atoms with Gasteiger partial charge in [-0.05, 0) is 17.7 Å². The van der Waals surface area contributed by atoms with Crippen LogP contribution < -0.4 is 0 Å². The lowest BCUT2D eigenvalue weighted by Gasteiger charge is -2.00. The number of ether oxygens (including phenoxy) is 1. The predicted octanol–water partition coefficient (Wildman–Crippen LogP) is 1.68. The molecule has 0 aliphatic rings. The molecule has 0 saturated carbocycles. The van der Waals surface area contributed by atoms with Gasteiger partial charge in [0.15, 0.2) is 11.6 Å². The summed E-state index contributed by atoms with van der Waals surface area (Å²) in [5, 5.41) is 0. The summed E-state index contributed by atoms with van der Waals surface area (Å²) in [6.07, 6.45) is -0.0479. The van der Waals surface area contributed by atoms with Crippen LogP contribution in [-0.4, -0.2) is 13.1 Å². The van der Waals surface area contributed by atoms with Crippen molar-refractivity contribution in [3.05, 3.63) is 35.4 Å². The van der Waals surface area contributed by atoms with E-state index in [4.69, 9.17) is 0 Å². The molecule has 0 bridgehead atoms. The average molecular weight is 186 g/mol. The molecule has 0 N–H and O–H groups in total. The van der Waals surface area contributed by atoms with E-state index in [0.717, 1.165) is 12.1 Å². The van der Waals surface area contributed by atoms with Crippen molar-refractivity contribution in [3.63, 3.8) is 0 Å². The van der Waals surface area contributed by atoms with Crippen molar-refractivity contribution in [1.29, 1.82) is 0 Å². The summed E-state index contributed by atoms with van der Waals surface area (Å²) in [5.41, 5.74) is 0.394. The van der Waals surface area contributed by atoms with Crippen molar-refractivity contribution in [2.24, 2.45) is 0 Å². The van der Waals surface area contributed by atoms with Gasteiger partial charge in [0.1, 0.15) is 0 Å². The van der Waals surface area contributed by atoms with E-state index in [-0.39, 0.29) is 6.42 Å². The third kappa shape index (κ3) is 2.50. The van der Waals surface area contributed by atoms with Crippen molar-refractivity contribution >= 4 is 5.97 Å². The number of halogens is 2. The summed E-state index contributed by atoms with van der Waals surface area (Å²) >= 11 is 0. The molecule has 0 fully saturated rings. The third-order valence-electron chi connectivity index (χ3n) is 1.56. The zero-order valence-corrected chi connectivity index (χ0v) is 7.01. The monoisotopic (exact) mass is 186 g/mol. The summed E-state index contributed by atoms with van der Waals surface area (Å²) in [4.78, 5) is 10.7. The van der Waals surface area contributed by atoms with Gasteiger partial charge in [-0.25, -0.2) is 8.78 Å². The average Bonchev–Trinajstić information content (AvgIpc) is 2.11. The number of hydrogen-bond donors (Lipinski definition) is 0. The molecule has 2 nitrogen and oxygen atoms in total. The molecule has 0 aliphatic heterocycles. The predicted molar refractivity (Wildman–Crippen MR) is 42.1 cm³/mol. The number of rotatable bonds is 2. The van der Waals surface area contributed by atoms with Gasteiger partial charge in [0.2, 0.25) is 0 Å². The molecular weight excluding hydrogens is 178 g/mol. The second-order valence-electron chi connectivity index (χ2n) is 2.50. The van der Waals surface area contributed by atoms with E-state index in [0.29, 0.717) is 5.56 Å². The molecule has 0 radical (unpaired) electrons. The van der Waals surface area contributed by atoms with Crippen LogP contribution in [0.4, 0.5) is 8.78 Å². The number of carbonyl (C=O) groups excluding carboxylic acids is 1. The summed E-state index contributed by atoms with van der Waals surface area (Å²) in [6.45, 7) is 0. The summed E-state index contributed by atoms with van der Waals surface area (Å²) in [5.74, 6) is -2.36. The first-order valence-electron chi connectivity index (χ1n) is 3.64. The molecule has 1 rings (SSSR count). The maximum atomic E-state index is 12.6. The standard InChI is InChI=1S/C9H8F2O2/c1-13-9(12)5-6-2-3-7(10)8(11)4-6/h2-4H,5H2,1H3. The molecular formula is C9H8F2O2. The molecule has 0 aromatic heterocycles. The van der Waals surface area contributed by atoms with Crippen LogP contribution in [0.25, 0.3) is 0 Å². The first-order chi connectivity index (χ1) is 6.13. The minimum Gasteiger partial charge on any atom is -0.469 e. The Bertz CT molecular complexity index is 323. The van der Waals surface area contributed by atoms with Crippen LogP contribution >= 0.6 is 0 Å². The van der Waals surface area contributed by atoms with Gasteiger partial charge in [0, 0.05) is 0 Å². The van der Waals surface area contributed by atoms with Gasteiger partial charge in [0.05, 0.1) is 13.5 Å². The lowest BCUT2D eigenvalue weighted by Crippen LogP contribution is -2.04. The van der Waals surface area contributed by atoms with Crippen LogP contribution in [0.3, 0.4) is 0 Å². The maximum absolute atomic E-state index is 12.6. The highest BCUT2D eigenvalue weighted by Crippen LogP contribution is 2.09. The highest BCUT2D eigenvalue weighted by atomic mass is 19.2. The molecule has 0 aliphatic carbocycles. The van der Waals surface area contributed by atoms with Crippen molar-refractivity contribution in [1.82, 2.24) is 0 Å².